The van der Waals surface area contributed by atoms with Gasteiger partial charge in [0.25, 0.3) is 0 Å². The van der Waals surface area contributed by atoms with E-state index < -0.39 is 245 Å². The molecule has 1 aromatic heterocycles. The van der Waals surface area contributed by atoms with Crippen molar-refractivity contribution < 1.29 is 40.1 Å². The molecule has 0 N–H and O–H groups in total. The van der Waals surface area contributed by atoms with Gasteiger partial charge in [0.15, 0.2) is 0 Å². The summed E-state index contributed by atoms with van der Waals surface area (Å²) in [7, 11) is 0. The van der Waals surface area contributed by atoms with Crippen LogP contribution < -0.4 is 0 Å². The van der Waals surface area contributed by atoms with Crippen molar-refractivity contribution in [2.45, 2.75) is 0 Å². The standard InChI is InChI=1S/C42H26O/c1-2-13-28(14-3-1)40-32-17-6-7-18-33(32)41(36-21-11-23-39-42(36)35-19-8-9-22-38(35)43-39)34-25-24-29(26-37(34)40)31-20-10-15-27-12-4-5-16-30(27)31/h1-26H/i1D,2D,3D,4D,5D,6D,7D,8D,9D,10D,11D,12D,13D,14D,15D,16D,17D,18D,19D,20D,21D,22D,23D,24D,25D,26D. The largest absolute Gasteiger partial charge is 0.456 e. The van der Waals surface area contributed by atoms with E-state index >= 15 is 0 Å². The molecule has 0 aliphatic carbocycles. The van der Waals surface area contributed by atoms with E-state index in [0.717, 1.165) is 0 Å². The summed E-state index contributed by atoms with van der Waals surface area (Å²) < 4.78 is 239. The van der Waals surface area contributed by atoms with Crippen LogP contribution >= 0.6 is 0 Å². The number of benzene rings is 8. The van der Waals surface area contributed by atoms with Gasteiger partial charge in [-0.3, -0.25) is 0 Å². The smallest absolute Gasteiger partial charge is 0.136 e. The van der Waals surface area contributed by atoms with E-state index in [9.17, 15) is 8.22 Å². The van der Waals surface area contributed by atoms with E-state index in [1.165, 1.54) is 0 Å². The number of para-hydroxylation sites is 1. The molecule has 0 amide bonds. The second kappa shape index (κ2) is 9.44. The van der Waals surface area contributed by atoms with Crippen molar-refractivity contribution in [2.24, 2.45) is 0 Å². The molecule has 0 radical (unpaired) electrons. The SMILES string of the molecule is [2H]c1c([2H])c([2H])c(-c2c3c([2H])c([2H])c([2H])c([2H])c3c(-c3c([2H])c([2H])c([2H])c4oc5c([2H])c([2H])c([2H])c([2H])c5c34)c3c([2H])c([2H])c(-c4c([2H])c([2H])c([2H])c5c([2H])c([2H])c([2H])c([2H])c45)c([2H])c23)c([2H])c1[2H]. The van der Waals surface area contributed by atoms with Gasteiger partial charge in [-0.1, -0.05) is 139 Å². The van der Waals surface area contributed by atoms with Gasteiger partial charge >= 0.3 is 0 Å². The van der Waals surface area contributed by atoms with E-state index in [0.29, 0.717) is 0 Å². The molecule has 0 bridgehead atoms. The number of hydrogen-bond acceptors (Lipinski definition) is 1. The summed E-state index contributed by atoms with van der Waals surface area (Å²) >= 11 is 0. The summed E-state index contributed by atoms with van der Waals surface area (Å²) in [5, 5.41) is -5.32. The highest BCUT2D eigenvalue weighted by atomic mass is 16.3. The quantitative estimate of drug-likeness (QED) is 0.192. The van der Waals surface area contributed by atoms with Gasteiger partial charge in [-0.05, 0) is 83.8 Å². The van der Waals surface area contributed by atoms with Crippen LogP contribution in [0.1, 0.15) is 35.6 Å². The topological polar surface area (TPSA) is 13.1 Å². The molecule has 1 nitrogen and oxygen atoms in total. The Balaban J connectivity index is 1.73. The number of fused-ring (bicyclic) bond motifs is 6. The molecule has 0 saturated carbocycles. The molecule has 0 fully saturated rings. The third kappa shape index (κ3) is 3.65. The van der Waals surface area contributed by atoms with Gasteiger partial charge in [-0.25, -0.2) is 0 Å². The molecular formula is C42H26O. The maximum atomic E-state index is 10.1. The summed E-state index contributed by atoms with van der Waals surface area (Å²) in [5.41, 5.74) is -5.83. The highest BCUT2D eigenvalue weighted by molar-refractivity contribution is 6.26. The van der Waals surface area contributed by atoms with Crippen molar-refractivity contribution in [1.29, 1.82) is 0 Å². The average Bonchev–Trinajstić information content (AvgIpc) is 3.72. The van der Waals surface area contributed by atoms with Gasteiger partial charge in [-0.15, -0.1) is 0 Å². The third-order valence-corrected chi connectivity index (χ3v) is 7.01. The first-order chi connectivity index (χ1) is 32.2. The van der Waals surface area contributed by atoms with Crippen LogP contribution in [0.3, 0.4) is 0 Å². The summed E-state index contributed by atoms with van der Waals surface area (Å²) in [6.45, 7) is 0. The van der Waals surface area contributed by atoms with Crippen LogP contribution in [0.5, 0.6) is 0 Å². The molecule has 0 unspecified atom stereocenters. The molecule has 43 heavy (non-hydrogen) atoms. The first-order valence-corrected chi connectivity index (χ1v) is 12.7. The zero-order valence-corrected chi connectivity index (χ0v) is 21.4. The number of rotatable bonds is 3. The van der Waals surface area contributed by atoms with Crippen LogP contribution in [-0.4, -0.2) is 0 Å². The van der Waals surface area contributed by atoms with Gasteiger partial charge in [0.05, 0.1) is 35.6 Å². The van der Waals surface area contributed by atoms with E-state index in [-0.39, 0.29) is 0 Å². The lowest BCUT2D eigenvalue weighted by atomic mass is 9.83. The second-order valence-electron chi connectivity index (χ2n) is 9.26. The Bertz CT molecular complexity index is 3930. The predicted molar refractivity (Wildman–Crippen MR) is 183 cm³/mol. The Kier molecular flexibility index (Phi) is 2.13. The first-order valence-electron chi connectivity index (χ1n) is 25.7. The normalized spacial score (nSPS) is 20.2. The number of hydrogen-bond donors (Lipinski definition) is 0. The van der Waals surface area contributed by atoms with Crippen molar-refractivity contribution in [3.8, 4) is 33.4 Å². The molecule has 0 aliphatic heterocycles. The molecule has 200 valence electrons. The van der Waals surface area contributed by atoms with Gasteiger partial charge in [0.1, 0.15) is 11.2 Å². The van der Waals surface area contributed by atoms with Gasteiger partial charge in [0.2, 0.25) is 0 Å². The molecule has 8 aromatic carbocycles. The Labute approximate surface area is 285 Å². The monoisotopic (exact) mass is 572 g/mol. The highest BCUT2D eigenvalue weighted by Gasteiger charge is 2.20. The maximum Gasteiger partial charge on any atom is 0.136 e. The predicted octanol–water partition coefficient (Wildman–Crippen LogP) is 12.0. The molecule has 9 aromatic rings. The second-order valence-corrected chi connectivity index (χ2v) is 9.26. The highest BCUT2D eigenvalue weighted by Crippen LogP contribution is 2.47. The molecule has 0 aliphatic rings. The Morgan fingerprint density at radius 1 is 0.372 bits per heavy atom. The summed E-state index contributed by atoms with van der Waals surface area (Å²) in [4.78, 5) is 0. The van der Waals surface area contributed by atoms with Crippen molar-refractivity contribution in [1.82, 2.24) is 0 Å². The minimum absolute atomic E-state index is 0.497. The molecule has 0 atom stereocenters. The maximum absolute atomic E-state index is 10.1. The number of furan rings is 1. The van der Waals surface area contributed by atoms with E-state index in [1.807, 2.05) is 0 Å². The molecule has 0 saturated heterocycles. The Morgan fingerprint density at radius 2 is 0.977 bits per heavy atom. The molecule has 1 heterocycles. The average molecular weight is 573 g/mol. The third-order valence-electron chi connectivity index (χ3n) is 7.01. The van der Waals surface area contributed by atoms with Crippen LogP contribution in [0.15, 0.2) is 162 Å². The van der Waals surface area contributed by atoms with Crippen molar-refractivity contribution in [2.75, 3.05) is 0 Å². The molecule has 0 spiro atoms. The zero-order valence-electron chi connectivity index (χ0n) is 47.4. The summed E-state index contributed by atoms with van der Waals surface area (Å²) in [6.07, 6.45) is 0. The van der Waals surface area contributed by atoms with Gasteiger partial charge in [-0.2, -0.15) is 0 Å². The van der Waals surface area contributed by atoms with Crippen LogP contribution in [-0.2, 0) is 0 Å². The Hall–Kier alpha value is -5.66. The fourth-order valence-corrected chi connectivity index (χ4v) is 5.27. The minimum Gasteiger partial charge on any atom is -0.456 e. The van der Waals surface area contributed by atoms with Crippen molar-refractivity contribution in [3.05, 3.63) is 157 Å². The van der Waals surface area contributed by atoms with Gasteiger partial charge in [0, 0.05) is 10.8 Å². The van der Waals surface area contributed by atoms with E-state index in [1.54, 1.807) is 0 Å². The molecular weight excluding hydrogens is 520 g/mol. The first kappa shape index (κ1) is 9.69. The fourth-order valence-electron chi connectivity index (χ4n) is 5.27. The summed E-state index contributed by atoms with van der Waals surface area (Å²) in [5.74, 6) is 0. The molecule has 9 rings (SSSR count). The Morgan fingerprint density at radius 3 is 1.84 bits per heavy atom. The van der Waals surface area contributed by atoms with Crippen LogP contribution in [0.2, 0.25) is 0 Å². The van der Waals surface area contributed by atoms with Crippen LogP contribution in [0, 0.1) is 0 Å². The van der Waals surface area contributed by atoms with Crippen LogP contribution in [0.4, 0.5) is 0 Å². The lowest BCUT2D eigenvalue weighted by Crippen LogP contribution is -1.92. The van der Waals surface area contributed by atoms with E-state index in [4.69, 9.17) is 31.8 Å². The van der Waals surface area contributed by atoms with Crippen molar-refractivity contribution in [3.63, 3.8) is 0 Å². The summed E-state index contributed by atoms with van der Waals surface area (Å²) in [6, 6.07) is -24.3. The zero-order chi connectivity index (χ0) is 51.0. The molecule has 1 heteroatoms. The minimum atomic E-state index is -1.08. The fraction of sp³-hybridized carbons (Fsp3) is 0. The lowest BCUT2D eigenvalue weighted by molar-refractivity contribution is 0.669. The van der Waals surface area contributed by atoms with Crippen molar-refractivity contribution >= 4 is 54.3 Å². The van der Waals surface area contributed by atoms with Crippen LogP contribution in [0.25, 0.3) is 87.6 Å². The van der Waals surface area contributed by atoms with Gasteiger partial charge < -0.3 is 4.42 Å². The van der Waals surface area contributed by atoms with E-state index in [2.05, 4.69) is 0 Å². The lowest BCUT2D eigenvalue weighted by Gasteiger charge is -2.19.